The summed E-state index contributed by atoms with van der Waals surface area (Å²) in [6, 6.07) is 34.6. The van der Waals surface area contributed by atoms with Gasteiger partial charge in [0.2, 0.25) is 0 Å². The van der Waals surface area contributed by atoms with Gasteiger partial charge < -0.3 is 9.30 Å². The Morgan fingerprint density at radius 3 is 2.41 bits per heavy atom. The molecule has 158 valence electrons. The molecule has 2 aromatic heterocycles. The molecule has 0 atom stereocenters. The van der Waals surface area contributed by atoms with Crippen molar-refractivity contribution in [1.29, 1.82) is 0 Å². The summed E-state index contributed by atoms with van der Waals surface area (Å²) in [5.41, 5.74) is 5.74. The van der Waals surface area contributed by atoms with Gasteiger partial charge in [-0.15, -0.1) is 0 Å². The summed E-state index contributed by atoms with van der Waals surface area (Å²) in [5.74, 6) is 1.75. The van der Waals surface area contributed by atoms with Crippen LogP contribution in [-0.4, -0.2) is 9.55 Å². The zero-order valence-corrected chi connectivity index (χ0v) is 18.2. The average Bonchev–Trinajstić information content (AvgIpc) is 3.23. The van der Waals surface area contributed by atoms with Crippen molar-refractivity contribution in [3.63, 3.8) is 0 Å². The zero-order chi connectivity index (χ0) is 22.2. The van der Waals surface area contributed by atoms with Crippen molar-refractivity contribution in [2.24, 2.45) is 0 Å². The maximum atomic E-state index is 6.30. The predicted octanol–water partition coefficient (Wildman–Crippen LogP) is 8.26. The highest BCUT2D eigenvalue weighted by atomic mass is 16.5. The van der Waals surface area contributed by atoms with Crippen LogP contribution in [0, 0.1) is 0 Å². The minimum absolute atomic E-state index is 0.850. The summed E-state index contributed by atoms with van der Waals surface area (Å²) >= 11 is 0. The first kappa shape index (κ1) is 17.9. The molecular formula is C31H18N2O. The van der Waals surface area contributed by atoms with Crippen LogP contribution in [0.4, 0.5) is 0 Å². The van der Waals surface area contributed by atoms with Crippen molar-refractivity contribution >= 4 is 43.4 Å². The standard InChI is InChI=1S/C31H18N2O/c1-2-7-20-16-21(13-12-19(20)6-1)33-26-10-4-3-8-22(26)30-23-9-5-11-29-31(23)24(17-27(30)33)25-18-32-15-14-28(25)34-29/h1-18H. The maximum Gasteiger partial charge on any atom is 0.138 e. The van der Waals surface area contributed by atoms with Gasteiger partial charge in [0.05, 0.1) is 11.0 Å². The van der Waals surface area contributed by atoms with E-state index >= 15 is 0 Å². The summed E-state index contributed by atoms with van der Waals surface area (Å²) in [6.45, 7) is 0. The van der Waals surface area contributed by atoms with Crippen molar-refractivity contribution in [2.45, 2.75) is 0 Å². The first-order valence-electron chi connectivity index (χ1n) is 11.5. The Morgan fingerprint density at radius 1 is 0.588 bits per heavy atom. The van der Waals surface area contributed by atoms with E-state index in [9.17, 15) is 0 Å². The highest BCUT2D eigenvalue weighted by Gasteiger charge is 2.24. The molecule has 3 nitrogen and oxygen atoms in total. The van der Waals surface area contributed by atoms with Gasteiger partial charge in [-0.2, -0.15) is 0 Å². The van der Waals surface area contributed by atoms with Gasteiger partial charge in [-0.1, -0.05) is 60.7 Å². The van der Waals surface area contributed by atoms with E-state index in [0.29, 0.717) is 0 Å². The van der Waals surface area contributed by atoms with Crippen molar-refractivity contribution in [3.8, 4) is 28.3 Å². The van der Waals surface area contributed by atoms with Crippen molar-refractivity contribution < 1.29 is 4.74 Å². The molecular weight excluding hydrogens is 416 g/mol. The largest absolute Gasteiger partial charge is 0.456 e. The lowest BCUT2D eigenvalue weighted by atomic mass is 9.93. The smallest absolute Gasteiger partial charge is 0.138 e. The molecule has 0 spiro atoms. The molecule has 34 heavy (non-hydrogen) atoms. The number of pyridine rings is 1. The topological polar surface area (TPSA) is 27.1 Å². The lowest BCUT2D eigenvalue weighted by Crippen LogP contribution is -1.99. The Morgan fingerprint density at radius 2 is 1.44 bits per heavy atom. The number of hydrogen-bond donors (Lipinski definition) is 0. The second kappa shape index (κ2) is 6.46. The quantitative estimate of drug-likeness (QED) is 0.260. The molecule has 0 bridgehead atoms. The molecule has 1 aliphatic heterocycles. The number of para-hydroxylation sites is 1. The van der Waals surface area contributed by atoms with Crippen LogP contribution in [0.5, 0.6) is 11.5 Å². The lowest BCUT2D eigenvalue weighted by Gasteiger charge is -2.21. The molecule has 3 heterocycles. The number of fused-ring (bicyclic) bond motifs is 7. The van der Waals surface area contributed by atoms with E-state index in [1.54, 1.807) is 6.20 Å². The first-order chi connectivity index (χ1) is 16.9. The van der Waals surface area contributed by atoms with Gasteiger partial charge in [-0.05, 0) is 52.6 Å². The molecule has 7 aromatic rings. The molecule has 5 aromatic carbocycles. The van der Waals surface area contributed by atoms with E-state index in [2.05, 4.69) is 101 Å². The monoisotopic (exact) mass is 434 g/mol. The Bertz CT molecular complexity index is 1950. The SMILES string of the molecule is c1ccc2cc(-n3c4ccccc4c4c5cccc6c5c(cc43)-c3cnccc3O6)ccc2c1. The van der Waals surface area contributed by atoms with Crippen LogP contribution in [0.2, 0.25) is 0 Å². The third-order valence-electron chi connectivity index (χ3n) is 7.04. The van der Waals surface area contributed by atoms with Gasteiger partial charge in [-0.3, -0.25) is 4.98 Å². The van der Waals surface area contributed by atoms with E-state index in [1.165, 1.54) is 38.0 Å². The summed E-state index contributed by atoms with van der Waals surface area (Å²) in [5, 5.41) is 7.33. The minimum Gasteiger partial charge on any atom is -0.456 e. The molecule has 0 N–H and O–H groups in total. The lowest BCUT2D eigenvalue weighted by molar-refractivity contribution is 0.486. The van der Waals surface area contributed by atoms with Gasteiger partial charge in [0.15, 0.2) is 0 Å². The minimum atomic E-state index is 0.850. The van der Waals surface area contributed by atoms with E-state index in [1.807, 2.05) is 12.3 Å². The number of rotatable bonds is 1. The molecule has 3 heteroatoms. The van der Waals surface area contributed by atoms with Crippen LogP contribution < -0.4 is 4.74 Å². The molecule has 8 rings (SSSR count). The van der Waals surface area contributed by atoms with Crippen LogP contribution in [0.3, 0.4) is 0 Å². The summed E-state index contributed by atoms with van der Waals surface area (Å²) < 4.78 is 8.70. The van der Waals surface area contributed by atoms with Crippen LogP contribution in [0.1, 0.15) is 0 Å². The Kier molecular flexibility index (Phi) is 3.39. The van der Waals surface area contributed by atoms with Crippen LogP contribution in [0.25, 0.3) is 60.2 Å². The van der Waals surface area contributed by atoms with Gasteiger partial charge in [-0.25, -0.2) is 0 Å². The second-order valence-corrected chi connectivity index (χ2v) is 8.85. The number of hydrogen-bond acceptors (Lipinski definition) is 2. The third kappa shape index (κ3) is 2.28. The maximum absolute atomic E-state index is 6.30. The molecule has 0 fully saturated rings. The Labute approximate surface area is 195 Å². The fraction of sp³-hybridized carbons (Fsp3) is 0. The fourth-order valence-electron chi connectivity index (χ4n) is 5.59. The van der Waals surface area contributed by atoms with E-state index in [0.717, 1.165) is 33.7 Å². The number of ether oxygens (including phenoxy) is 1. The summed E-state index contributed by atoms with van der Waals surface area (Å²) in [6.07, 6.45) is 3.70. The van der Waals surface area contributed by atoms with Crippen LogP contribution in [0.15, 0.2) is 109 Å². The molecule has 1 aliphatic rings. The summed E-state index contributed by atoms with van der Waals surface area (Å²) in [7, 11) is 0. The molecule has 0 aliphatic carbocycles. The number of aromatic nitrogens is 2. The molecule has 0 unspecified atom stereocenters. The fourth-order valence-corrected chi connectivity index (χ4v) is 5.59. The first-order valence-corrected chi connectivity index (χ1v) is 11.5. The van der Waals surface area contributed by atoms with E-state index in [4.69, 9.17) is 4.74 Å². The van der Waals surface area contributed by atoms with E-state index < -0.39 is 0 Å². The van der Waals surface area contributed by atoms with Gasteiger partial charge >= 0.3 is 0 Å². The van der Waals surface area contributed by atoms with Gasteiger partial charge in [0.1, 0.15) is 11.5 Å². The van der Waals surface area contributed by atoms with Gasteiger partial charge in [0, 0.05) is 45.4 Å². The van der Waals surface area contributed by atoms with Gasteiger partial charge in [0.25, 0.3) is 0 Å². The summed E-state index contributed by atoms with van der Waals surface area (Å²) in [4.78, 5) is 4.41. The molecule has 0 radical (unpaired) electrons. The predicted molar refractivity (Wildman–Crippen MR) is 139 cm³/mol. The van der Waals surface area contributed by atoms with Crippen LogP contribution >= 0.6 is 0 Å². The molecule has 0 saturated heterocycles. The Hall–Kier alpha value is -4.63. The second-order valence-electron chi connectivity index (χ2n) is 8.85. The normalized spacial score (nSPS) is 12.4. The molecule has 0 amide bonds. The van der Waals surface area contributed by atoms with E-state index in [-0.39, 0.29) is 0 Å². The van der Waals surface area contributed by atoms with Crippen molar-refractivity contribution in [1.82, 2.24) is 9.55 Å². The zero-order valence-electron chi connectivity index (χ0n) is 18.2. The Balaban J connectivity index is 1.59. The highest BCUT2D eigenvalue weighted by Crippen LogP contribution is 2.50. The highest BCUT2D eigenvalue weighted by molar-refractivity contribution is 6.26. The van der Waals surface area contributed by atoms with Crippen molar-refractivity contribution in [3.05, 3.63) is 109 Å². The average molecular weight is 434 g/mol. The third-order valence-corrected chi connectivity index (χ3v) is 7.04. The van der Waals surface area contributed by atoms with Crippen LogP contribution in [-0.2, 0) is 0 Å². The van der Waals surface area contributed by atoms with Crippen molar-refractivity contribution in [2.75, 3.05) is 0 Å². The number of nitrogens with zero attached hydrogens (tertiary/aromatic N) is 2. The molecule has 0 saturated carbocycles. The number of benzene rings is 5.